The zero-order chi connectivity index (χ0) is 16.9. The zero-order valence-corrected chi connectivity index (χ0v) is 13.9. The van der Waals surface area contributed by atoms with E-state index >= 15 is 0 Å². The monoisotopic (exact) mass is 322 g/mol. The van der Waals surface area contributed by atoms with Gasteiger partial charge >= 0.3 is 6.03 Å². The highest BCUT2D eigenvalue weighted by atomic mass is 16.2. The highest BCUT2D eigenvalue weighted by Crippen LogP contribution is 2.22. The van der Waals surface area contributed by atoms with Crippen LogP contribution in [0.4, 0.5) is 10.5 Å². The van der Waals surface area contributed by atoms with E-state index < -0.39 is 0 Å². The maximum absolute atomic E-state index is 12.3. The molecule has 0 aliphatic heterocycles. The Morgan fingerprint density at radius 1 is 1.08 bits per heavy atom. The summed E-state index contributed by atoms with van der Waals surface area (Å²) in [5.74, 6) is 1.22. The van der Waals surface area contributed by atoms with Gasteiger partial charge in [-0.15, -0.1) is 0 Å². The first-order chi connectivity index (χ1) is 11.6. The highest BCUT2D eigenvalue weighted by Gasteiger charge is 2.19. The van der Waals surface area contributed by atoms with Gasteiger partial charge in [0.25, 0.3) is 0 Å². The topological polar surface area (TPSA) is 69.8 Å². The minimum atomic E-state index is -0.229. The van der Waals surface area contributed by atoms with Gasteiger partial charge in [-0.25, -0.2) is 9.78 Å². The Labute approximate surface area is 141 Å². The van der Waals surface area contributed by atoms with Crippen LogP contribution in [-0.4, -0.2) is 16.0 Å². The third-order valence-corrected chi connectivity index (χ3v) is 3.78. The van der Waals surface area contributed by atoms with Crippen LogP contribution in [0.2, 0.25) is 0 Å². The van der Waals surface area contributed by atoms with Crippen LogP contribution in [0.3, 0.4) is 0 Å². The Balaban J connectivity index is 1.77. The minimum absolute atomic E-state index is 0.166. The highest BCUT2D eigenvalue weighted by molar-refractivity contribution is 5.89. The van der Waals surface area contributed by atoms with E-state index in [-0.39, 0.29) is 12.1 Å². The standard InChI is InChI=1S/C19H22N4O/c1-13(2)12-17(18-21-15-10-6-7-11-16(15)22-18)23-19(24)20-14-8-4-3-5-9-14/h3-11,13,17H,12H2,1-2H3,(H,21,22)(H2,20,23,24). The number of benzene rings is 2. The van der Waals surface area contributed by atoms with Gasteiger partial charge in [0.1, 0.15) is 5.82 Å². The first-order valence-corrected chi connectivity index (χ1v) is 8.19. The van der Waals surface area contributed by atoms with E-state index in [9.17, 15) is 4.79 Å². The Kier molecular flexibility index (Phi) is 4.79. The van der Waals surface area contributed by atoms with E-state index in [0.29, 0.717) is 5.92 Å². The number of aromatic amines is 1. The summed E-state index contributed by atoms with van der Waals surface area (Å²) in [7, 11) is 0. The number of fused-ring (bicyclic) bond motifs is 1. The van der Waals surface area contributed by atoms with Gasteiger partial charge < -0.3 is 15.6 Å². The number of anilines is 1. The summed E-state index contributed by atoms with van der Waals surface area (Å²) in [5.41, 5.74) is 2.65. The van der Waals surface area contributed by atoms with Crippen molar-refractivity contribution in [1.29, 1.82) is 0 Å². The number of rotatable bonds is 5. The number of nitrogens with one attached hydrogen (secondary N) is 3. The van der Waals surface area contributed by atoms with E-state index in [1.54, 1.807) is 0 Å². The van der Waals surface area contributed by atoms with Crippen molar-refractivity contribution in [3.05, 3.63) is 60.4 Å². The summed E-state index contributed by atoms with van der Waals surface area (Å²) >= 11 is 0. The van der Waals surface area contributed by atoms with Crippen LogP contribution in [-0.2, 0) is 0 Å². The fourth-order valence-corrected chi connectivity index (χ4v) is 2.69. The van der Waals surface area contributed by atoms with Crippen molar-refractivity contribution in [3.63, 3.8) is 0 Å². The number of aromatic nitrogens is 2. The average molecular weight is 322 g/mol. The van der Waals surface area contributed by atoms with Gasteiger partial charge in [0.2, 0.25) is 0 Å². The van der Waals surface area contributed by atoms with Gasteiger partial charge in [0.05, 0.1) is 17.1 Å². The third kappa shape index (κ3) is 3.93. The number of amides is 2. The molecule has 0 saturated heterocycles. The Morgan fingerprint density at radius 2 is 1.79 bits per heavy atom. The Morgan fingerprint density at radius 3 is 2.50 bits per heavy atom. The van der Waals surface area contributed by atoms with Crippen molar-refractivity contribution < 1.29 is 4.79 Å². The van der Waals surface area contributed by atoms with Gasteiger partial charge in [-0.1, -0.05) is 44.2 Å². The second kappa shape index (κ2) is 7.17. The summed E-state index contributed by atoms with van der Waals surface area (Å²) in [6.07, 6.45) is 0.808. The molecule has 24 heavy (non-hydrogen) atoms. The van der Waals surface area contributed by atoms with Crippen LogP contribution in [0.25, 0.3) is 11.0 Å². The third-order valence-electron chi connectivity index (χ3n) is 3.78. The van der Waals surface area contributed by atoms with Crippen molar-refractivity contribution in [3.8, 4) is 0 Å². The number of urea groups is 1. The first kappa shape index (κ1) is 16.1. The van der Waals surface area contributed by atoms with Gasteiger partial charge in [-0.2, -0.15) is 0 Å². The van der Waals surface area contributed by atoms with Crippen LogP contribution < -0.4 is 10.6 Å². The summed E-state index contributed by atoms with van der Waals surface area (Å²) in [6.45, 7) is 4.26. The van der Waals surface area contributed by atoms with Crippen molar-refractivity contribution in [1.82, 2.24) is 15.3 Å². The number of carbonyl (C=O) groups is 1. The molecule has 3 aromatic rings. The molecule has 5 heteroatoms. The van der Waals surface area contributed by atoms with Gasteiger partial charge in [0, 0.05) is 5.69 Å². The summed E-state index contributed by atoms with van der Waals surface area (Å²) in [4.78, 5) is 20.3. The number of imidazole rings is 1. The number of carbonyl (C=O) groups excluding carboxylic acids is 1. The van der Waals surface area contributed by atoms with Crippen molar-refractivity contribution in [2.24, 2.45) is 5.92 Å². The quantitative estimate of drug-likeness (QED) is 0.648. The molecule has 0 saturated carbocycles. The molecule has 0 fully saturated rings. The van der Waals surface area contributed by atoms with E-state index in [4.69, 9.17) is 0 Å². The number of para-hydroxylation sites is 3. The molecule has 124 valence electrons. The maximum atomic E-state index is 12.3. The molecular formula is C19H22N4O. The molecule has 2 aromatic carbocycles. The number of hydrogen-bond donors (Lipinski definition) is 3. The molecule has 1 heterocycles. The molecule has 1 atom stereocenters. The minimum Gasteiger partial charge on any atom is -0.340 e. The summed E-state index contributed by atoms with van der Waals surface area (Å²) in [5, 5.41) is 5.89. The molecule has 0 aliphatic rings. The maximum Gasteiger partial charge on any atom is 0.319 e. The molecular weight excluding hydrogens is 300 g/mol. The van der Waals surface area contributed by atoms with Crippen LogP contribution >= 0.6 is 0 Å². The molecule has 0 spiro atoms. The first-order valence-electron chi connectivity index (χ1n) is 8.19. The van der Waals surface area contributed by atoms with Gasteiger partial charge in [-0.3, -0.25) is 0 Å². The van der Waals surface area contributed by atoms with E-state index in [1.165, 1.54) is 0 Å². The molecule has 2 amide bonds. The van der Waals surface area contributed by atoms with Crippen molar-refractivity contribution >= 4 is 22.8 Å². The van der Waals surface area contributed by atoms with E-state index in [0.717, 1.165) is 29.0 Å². The van der Waals surface area contributed by atoms with Crippen LogP contribution in [0.5, 0.6) is 0 Å². The molecule has 5 nitrogen and oxygen atoms in total. The van der Waals surface area contributed by atoms with Gasteiger partial charge in [-0.05, 0) is 36.6 Å². The smallest absolute Gasteiger partial charge is 0.319 e. The second-order valence-electron chi connectivity index (χ2n) is 6.29. The molecule has 0 radical (unpaired) electrons. The summed E-state index contributed by atoms with van der Waals surface area (Å²) < 4.78 is 0. The average Bonchev–Trinajstić information content (AvgIpc) is 2.98. The number of hydrogen-bond acceptors (Lipinski definition) is 2. The fraction of sp³-hybridized carbons (Fsp3) is 0.263. The lowest BCUT2D eigenvalue weighted by atomic mass is 10.0. The Bertz CT molecular complexity index is 777. The molecule has 1 aromatic heterocycles. The molecule has 3 rings (SSSR count). The summed E-state index contributed by atoms with van der Waals surface area (Å²) in [6, 6.07) is 16.9. The lowest BCUT2D eigenvalue weighted by Gasteiger charge is -2.19. The largest absolute Gasteiger partial charge is 0.340 e. The predicted octanol–water partition coefficient (Wildman–Crippen LogP) is 4.47. The predicted molar refractivity (Wildman–Crippen MR) is 96.9 cm³/mol. The van der Waals surface area contributed by atoms with Crippen LogP contribution in [0.1, 0.15) is 32.1 Å². The van der Waals surface area contributed by atoms with Crippen molar-refractivity contribution in [2.75, 3.05) is 5.32 Å². The number of H-pyrrole nitrogens is 1. The lowest BCUT2D eigenvalue weighted by molar-refractivity contribution is 0.246. The van der Waals surface area contributed by atoms with E-state index in [1.807, 2.05) is 54.6 Å². The van der Waals surface area contributed by atoms with Crippen LogP contribution in [0.15, 0.2) is 54.6 Å². The fourth-order valence-electron chi connectivity index (χ4n) is 2.69. The SMILES string of the molecule is CC(C)CC(NC(=O)Nc1ccccc1)c1nc2ccccc2[nH]1. The molecule has 0 aliphatic carbocycles. The lowest BCUT2D eigenvalue weighted by Crippen LogP contribution is -2.33. The zero-order valence-electron chi connectivity index (χ0n) is 13.9. The second-order valence-corrected chi connectivity index (χ2v) is 6.29. The Hall–Kier alpha value is -2.82. The van der Waals surface area contributed by atoms with Gasteiger partial charge in [0.15, 0.2) is 0 Å². The number of nitrogens with zero attached hydrogens (tertiary/aromatic N) is 1. The molecule has 3 N–H and O–H groups in total. The van der Waals surface area contributed by atoms with Crippen molar-refractivity contribution in [2.45, 2.75) is 26.3 Å². The molecule has 0 bridgehead atoms. The molecule has 1 unspecified atom stereocenters. The van der Waals surface area contributed by atoms with E-state index in [2.05, 4.69) is 34.4 Å². The van der Waals surface area contributed by atoms with Crippen LogP contribution in [0, 0.1) is 5.92 Å². The normalized spacial score (nSPS) is 12.3.